The molecule has 1 rings (SSSR count). The van der Waals surface area contributed by atoms with E-state index >= 15 is 0 Å². The van der Waals surface area contributed by atoms with Crippen molar-refractivity contribution in [3.8, 4) is 6.07 Å². The van der Waals surface area contributed by atoms with Gasteiger partial charge in [0.25, 0.3) is 0 Å². The summed E-state index contributed by atoms with van der Waals surface area (Å²) in [6.07, 6.45) is 0. The van der Waals surface area contributed by atoms with Crippen LogP contribution in [0.15, 0.2) is 18.2 Å². The van der Waals surface area contributed by atoms with Crippen LogP contribution in [0.2, 0.25) is 0 Å². The molecule has 5 heteroatoms. The molecule has 0 N–H and O–H groups in total. The second kappa shape index (κ2) is 6.18. The number of rotatable bonds is 4. The van der Waals surface area contributed by atoms with E-state index in [0.717, 1.165) is 0 Å². The largest absolute Gasteiger partial charge is 0.462 e. The van der Waals surface area contributed by atoms with Gasteiger partial charge in [0, 0.05) is 0 Å². The summed E-state index contributed by atoms with van der Waals surface area (Å²) in [5.74, 6) is -0.758. The lowest BCUT2D eigenvalue weighted by molar-refractivity contribution is -0.116. The number of ketones is 1. The molecule has 1 atom stereocenters. The molecule has 0 aliphatic heterocycles. The highest BCUT2D eigenvalue weighted by Crippen LogP contribution is 2.25. The Morgan fingerprint density at radius 2 is 2.17 bits per heavy atom. The van der Waals surface area contributed by atoms with Crippen LogP contribution in [0.4, 0.5) is 0 Å². The minimum atomic E-state index is -0.879. The first-order valence-electron chi connectivity index (χ1n) is 5.37. The van der Waals surface area contributed by atoms with Crippen LogP contribution < -0.4 is 0 Å². The van der Waals surface area contributed by atoms with E-state index in [2.05, 4.69) is 0 Å². The van der Waals surface area contributed by atoms with Gasteiger partial charge < -0.3 is 4.74 Å². The van der Waals surface area contributed by atoms with Crippen LogP contribution in [-0.2, 0) is 9.53 Å². The zero-order chi connectivity index (χ0) is 13.7. The third-order valence-corrected chi connectivity index (χ3v) is 2.86. The van der Waals surface area contributed by atoms with Crippen LogP contribution in [0.25, 0.3) is 0 Å². The quantitative estimate of drug-likeness (QED) is 0.620. The molecular weight excluding hydrogens is 254 g/mol. The Labute approximate surface area is 110 Å². The van der Waals surface area contributed by atoms with E-state index in [0.29, 0.717) is 5.56 Å². The van der Waals surface area contributed by atoms with E-state index in [1.807, 2.05) is 6.07 Å². The number of halogens is 1. The fourth-order valence-corrected chi connectivity index (χ4v) is 1.62. The van der Waals surface area contributed by atoms with Gasteiger partial charge in [-0.05, 0) is 31.5 Å². The smallest absolute Gasteiger partial charge is 0.338 e. The number of nitrogens with zero attached hydrogens (tertiary/aromatic N) is 1. The number of hydrogen-bond donors (Lipinski definition) is 0. The summed E-state index contributed by atoms with van der Waals surface area (Å²) < 4.78 is 4.83. The molecule has 0 aromatic heterocycles. The molecule has 0 saturated carbocycles. The predicted molar refractivity (Wildman–Crippen MR) is 66.4 cm³/mol. The average molecular weight is 266 g/mol. The van der Waals surface area contributed by atoms with Gasteiger partial charge in [0.05, 0.1) is 23.8 Å². The molecule has 1 unspecified atom stereocenters. The van der Waals surface area contributed by atoms with Gasteiger partial charge in [-0.1, -0.05) is 6.07 Å². The Morgan fingerprint density at radius 3 is 2.67 bits per heavy atom. The lowest BCUT2D eigenvalue weighted by Crippen LogP contribution is -2.08. The van der Waals surface area contributed by atoms with Gasteiger partial charge in [0.15, 0.2) is 5.78 Å². The van der Waals surface area contributed by atoms with Crippen molar-refractivity contribution < 1.29 is 14.3 Å². The van der Waals surface area contributed by atoms with Crippen molar-refractivity contribution in [3.63, 3.8) is 0 Å². The summed E-state index contributed by atoms with van der Waals surface area (Å²) in [7, 11) is 0. The van der Waals surface area contributed by atoms with E-state index in [1.165, 1.54) is 25.1 Å². The first-order chi connectivity index (χ1) is 8.51. The molecular formula is C13H12ClNO3. The Hall–Kier alpha value is -1.86. The Bertz CT molecular complexity index is 519. The lowest BCUT2D eigenvalue weighted by Gasteiger charge is -2.09. The van der Waals surface area contributed by atoms with Crippen LogP contribution in [-0.4, -0.2) is 18.4 Å². The van der Waals surface area contributed by atoms with Crippen LogP contribution in [0.5, 0.6) is 0 Å². The summed E-state index contributed by atoms with van der Waals surface area (Å²) in [4.78, 5) is 22.7. The van der Waals surface area contributed by atoms with E-state index in [4.69, 9.17) is 21.6 Å². The number of alkyl halides is 1. The van der Waals surface area contributed by atoms with E-state index < -0.39 is 11.3 Å². The SMILES string of the molecule is CCOC(=O)c1ccc(C(Cl)C(C)=O)c(C#N)c1. The van der Waals surface area contributed by atoms with Crippen molar-refractivity contribution in [1.82, 2.24) is 0 Å². The van der Waals surface area contributed by atoms with Crippen molar-refractivity contribution in [2.24, 2.45) is 0 Å². The van der Waals surface area contributed by atoms with E-state index in [1.54, 1.807) is 6.92 Å². The number of esters is 1. The van der Waals surface area contributed by atoms with E-state index in [-0.39, 0.29) is 23.5 Å². The zero-order valence-corrected chi connectivity index (χ0v) is 10.8. The second-order valence-electron chi connectivity index (χ2n) is 3.61. The number of Topliss-reactive ketones (excluding diaryl/α,β-unsaturated/α-hetero) is 1. The van der Waals surface area contributed by atoms with Crippen LogP contribution >= 0.6 is 11.6 Å². The Morgan fingerprint density at radius 1 is 1.50 bits per heavy atom. The highest BCUT2D eigenvalue weighted by atomic mass is 35.5. The molecule has 0 fully saturated rings. The predicted octanol–water partition coefficient (Wildman–Crippen LogP) is 2.60. The molecule has 4 nitrogen and oxygen atoms in total. The molecule has 0 heterocycles. The first-order valence-corrected chi connectivity index (χ1v) is 5.80. The number of benzene rings is 1. The maximum Gasteiger partial charge on any atom is 0.338 e. The summed E-state index contributed by atoms with van der Waals surface area (Å²) >= 11 is 5.90. The van der Waals surface area contributed by atoms with Crippen molar-refractivity contribution in [2.45, 2.75) is 19.2 Å². The Balaban J connectivity index is 3.16. The number of ether oxygens (including phenoxy) is 1. The van der Waals surface area contributed by atoms with Gasteiger partial charge in [-0.15, -0.1) is 11.6 Å². The number of hydrogen-bond acceptors (Lipinski definition) is 4. The molecule has 0 saturated heterocycles. The monoisotopic (exact) mass is 265 g/mol. The molecule has 0 radical (unpaired) electrons. The normalized spacial score (nSPS) is 11.4. The molecule has 0 aliphatic rings. The highest BCUT2D eigenvalue weighted by Gasteiger charge is 2.19. The van der Waals surface area contributed by atoms with Crippen LogP contribution in [0, 0.1) is 11.3 Å². The summed E-state index contributed by atoms with van der Waals surface area (Å²) in [6.45, 7) is 3.30. The number of nitriles is 1. The molecule has 1 aromatic carbocycles. The van der Waals surface area contributed by atoms with Gasteiger partial charge in [0.2, 0.25) is 0 Å². The molecule has 0 amide bonds. The molecule has 0 bridgehead atoms. The third-order valence-electron chi connectivity index (χ3n) is 2.31. The molecule has 0 aliphatic carbocycles. The number of carbonyl (C=O) groups is 2. The minimum absolute atomic E-state index is 0.204. The molecule has 18 heavy (non-hydrogen) atoms. The van der Waals surface area contributed by atoms with E-state index in [9.17, 15) is 9.59 Å². The third kappa shape index (κ3) is 3.08. The van der Waals surface area contributed by atoms with Gasteiger partial charge in [-0.2, -0.15) is 5.26 Å². The van der Waals surface area contributed by atoms with Crippen molar-refractivity contribution in [1.29, 1.82) is 5.26 Å². The Kier molecular flexibility index (Phi) is 4.87. The first kappa shape index (κ1) is 14.2. The summed E-state index contributed by atoms with van der Waals surface area (Å²) in [5.41, 5.74) is 0.875. The average Bonchev–Trinajstić information content (AvgIpc) is 2.37. The van der Waals surface area contributed by atoms with Crippen molar-refractivity contribution in [2.75, 3.05) is 6.61 Å². The fourth-order valence-electron chi connectivity index (χ4n) is 1.43. The zero-order valence-electron chi connectivity index (χ0n) is 10.1. The highest BCUT2D eigenvalue weighted by molar-refractivity contribution is 6.31. The summed E-state index contributed by atoms with van der Waals surface area (Å²) in [5, 5.41) is 8.13. The standard InChI is InChI=1S/C13H12ClNO3/c1-3-18-13(17)9-4-5-11(10(6-9)7-15)12(14)8(2)16/h4-6,12H,3H2,1-2H3. The minimum Gasteiger partial charge on any atom is -0.462 e. The van der Waals surface area contributed by atoms with Crippen LogP contribution in [0.1, 0.15) is 40.7 Å². The van der Waals surface area contributed by atoms with Gasteiger partial charge in [0.1, 0.15) is 5.38 Å². The fraction of sp³-hybridized carbons (Fsp3) is 0.308. The maximum atomic E-state index is 11.5. The number of carbonyl (C=O) groups excluding carboxylic acids is 2. The second-order valence-corrected chi connectivity index (χ2v) is 4.04. The van der Waals surface area contributed by atoms with Crippen LogP contribution in [0.3, 0.4) is 0 Å². The van der Waals surface area contributed by atoms with Crippen molar-refractivity contribution >= 4 is 23.4 Å². The molecule has 0 spiro atoms. The molecule has 94 valence electrons. The summed E-state index contributed by atoms with van der Waals surface area (Å²) in [6, 6.07) is 6.30. The van der Waals surface area contributed by atoms with Gasteiger partial charge in [-0.3, -0.25) is 4.79 Å². The molecule has 1 aromatic rings. The maximum absolute atomic E-state index is 11.5. The van der Waals surface area contributed by atoms with Gasteiger partial charge >= 0.3 is 5.97 Å². The lowest BCUT2D eigenvalue weighted by atomic mass is 10.0. The van der Waals surface area contributed by atoms with Gasteiger partial charge in [-0.25, -0.2) is 4.79 Å². The van der Waals surface area contributed by atoms with Crippen molar-refractivity contribution in [3.05, 3.63) is 34.9 Å². The topological polar surface area (TPSA) is 67.2 Å².